The lowest BCUT2D eigenvalue weighted by molar-refractivity contribution is 0.565. The number of aryl methyl sites for hydroxylation is 1. The van der Waals surface area contributed by atoms with Crippen LogP contribution in [0.15, 0.2) is 18.7 Å². The second-order valence-corrected chi connectivity index (χ2v) is 5.65. The van der Waals surface area contributed by atoms with Gasteiger partial charge in [0.25, 0.3) is 0 Å². The predicted molar refractivity (Wildman–Crippen MR) is 63.5 cm³/mol. The van der Waals surface area contributed by atoms with Crippen LogP contribution in [-0.4, -0.2) is 30.3 Å². The van der Waals surface area contributed by atoms with Crippen molar-refractivity contribution in [3.63, 3.8) is 0 Å². The fourth-order valence-corrected chi connectivity index (χ4v) is 2.54. The Balaban J connectivity index is 2.08. The Kier molecular flexibility index (Phi) is 5.48. The smallest absolute Gasteiger partial charge is 0.211 e. The highest BCUT2D eigenvalue weighted by atomic mass is 32.2. The van der Waals surface area contributed by atoms with Crippen molar-refractivity contribution in [2.45, 2.75) is 32.7 Å². The second kappa shape index (κ2) is 6.65. The first-order valence-corrected chi connectivity index (χ1v) is 7.22. The Morgan fingerprint density at radius 2 is 2.19 bits per heavy atom. The minimum absolute atomic E-state index is 0.217. The standard InChI is InChI=1S/C10H19N3O2S/c1-2-9-16(14,15)12-5-3-4-7-13-8-6-11-10-13/h6,8,10,12H,2-5,7,9H2,1H3. The third kappa shape index (κ3) is 5.27. The molecule has 92 valence electrons. The van der Waals surface area contributed by atoms with E-state index in [4.69, 9.17) is 0 Å². The van der Waals surface area contributed by atoms with Crippen LogP contribution in [-0.2, 0) is 16.6 Å². The van der Waals surface area contributed by atoms with E-state index in [-0.39, 0.29) is 5.75 Å². The number of rotatable bonds is 8. The van der Waals surface area contributed by atoms with E-state index < -0.39 is 10.0 Å². The van der Waals surface area contributed by atoms with Crippen LogP contribution in [0.25, 0.3) is 0 Å². The lowest BCUT2D eigenvalue weighted by Crippen LogP contribution is -2.27. The zero-order valence-corrected chi connectivity index (χ0v) is 10.4. The van der Waals surface area contributed by atoms with Gasteiger partial charge in [-0.05, 0) is 19.3 Å². The fraction of sp³-hybridized carbons (Fsp3) is 0.700. The van der Waals surface area contributed by atoms with Gasteiger partial charge in [-0.25, -0.2) is 18.1 Å². The zero-order chi connectivity index (χ0) is 11.9. The Morgan fingerprint density at radius 3 is 2.81 bits per heavy atom. The van der Waals surface area contributed by atoms with Gasteiger partial charge in [-0.2, -0.15) is 0 Å². The van der Waals surface area contributed by atoms with Crippen molar-refractivity contribution in [3.05, 3.63) is 18.7 Å². The summed E-state index contributed by atoms with van der Waals surface area (Å²) in [5, 5.41) is 0. The minimum Gasteiger partial charge on any atom is -0.337 e. The quantitative estimate of drug-likeness (QED) is 0.695. The summed E-state index contributed by atoms with van der Waals surface area (Å²) in [6, 6.07) is 0. The Hall–Kier alpha value is -0.880. The van der Waals surface area contributed by atoms with Crippen molar-refractivity contribution in [2.24, 2.45) is 0 Å². The normalized spacial score (nSPS) is 11.8. The Bertz CT molecular complexity index is 373. The molecule has 1 rings (SSSR count). The molecule has 0 atom stereocenters. The lowest BCUT2D eigenvalue weighted by atomic mass is 10.3. The number of unbranched alkanes of at least 4 members (excludes halogenated alkanes) is 1. The average Bonchev–Trinajstić information content (AvgIpc) is 2.69. The monoisotopic (exact) mass is 245 g/mol. The zero-order valence-electron chi connectivity index (χ0n) is 9.59. The highest BCUT2D eigenvalue weighted by molar-refractivity contribution is 7.89. The number of aromatic nitrogens is 2. The minimum atomic E-state index is -3.04. The predicted octanol–water partition coefficient (Wildman–Crippen LogP) is 0.993. The van der Waals surface area contributed by atoms with Gasteiger partial charge in [0.15, 0.2) is 0 Å². The molecular formula is C10H19N3O2S. The number of imidazole rings is 1. The molecule has 0 saturated heterocycles. The van der Waals surface area contributed by atoms with Crippen LogP contribution >= 0.6 is 0 Å². The van der Waals surface area contributed by atoms with Crippen LogP contribution in [0.5, 0.6) is 0 Å². The molecule has 1 aromatic heterocycles. The van der Waals surface area contributed by atoms with E-state index >= 15 is 0 Å². The molecule has 1 N–H and O–H groups in total. The maximum absolute atomic E-state index is 11.3. The molecule has 1 heterocycles. The molecule has 0 amide bonds. The summed E-state index contributed by atoms with van der Waals surface area (Å²) >= 11 is 0. The number of nitrogens with one attached hydrogen (secondary N) is 1. The Labute approximate surface area is 96.9 Å². The molecular weight excluding hydrogens is 226 g/mol. The van der Waals surface area contributed by atoms with Crippen LogP contribution in [0.4, 0.5) is 0 Å². The van der Waals surface area contributed by atoms with Crippen LogP contribution in [0.1, 0.15) is 26.2 Å². The van der Waals surface area contributed by atoms with Gasteiger partial charge in [0.05, 0.1) is 12.1 Å². The molecule has 0 spiro atoms. The molecule has 0 aromatic carbocycles. The maximum Gasteiger partial charge on any atom is 0.211 e. The molecule has 0 unspecified atom stereocenters. The number of sulfonamides is 1. The molecule has 1 aromatic rings. The van der Waals surface area contributed by atoms with E-state index in [1.54, 1.807) is 12.5 Å². The van der Waals surface area contributed by atoms with E-state index in [0.29, 0.717) is 13.0 Å². The summed E-state index contributed by atoms with van der Waals surface area (Å²) < 4.78 is 27.2. The summed E-state index contributed by atoms with van der Waals surface area (Å²) in [6.45, 7) is 3.27. The number of hydrogen-bond acceptors (Lipinski definition) is 3. The molecule has 0 fully saturated rings. The third-order valence-electron chi connectivity index (χ3n) is 2.20. The summed E-state index contributed by atoms with van der Waals surface area (Å²) in [7, 11) is -3.04. The van der Waals surface area contributed by atoms with E-state index in [1.165, 1.54) is 0 Å². The van der Waals surface area contributed by atoms with Crippen molar-refractivity contribution < 1.29 is 8.42 Å². The summed E-state index contributed by atoms with van der Waals surface area (Å²) in [5.74, 6) is 0.217. The van der Waals surface area contributed by atoms with Crippen LogP contribution < -0.4 is 4.72 Å². The lowest BCUT2D eigenvalue weighted by Gasteiger charge is -2.05. The van der Waals surface area contributed by atoms with Gasteiger partial charge in [-0.15, -0.1) is 0 Å². The van der Waals surface area contributed by atoms with Gasteiger partial charge in [-0.1, -0.05) is 6.92 Å². The second-order valence-electron chi connectivity index (χ2n) is 3.72. The van der Waals surface area contributed by atoms with E-state index in [0.717, 1.165) is 19.4 Å². The van der Waals surface area contributed by atoms with E-state index in [1.807, 2.05) is 17.7 Å². The van der Waals surface area contributed by atoms with Crippen molar-refractivity contribution in [2.75, 3.05) is 12.3 Å². The average molecular weight is 245 g/mol. The first-order valence-electron chi connectivity index (χ1n) is 5.57. The summed E-state index contributed by atoms with van der Waals surface area (Å²) in [4.78, 5) is 3.94. The van der Waals surface area contributed by atoms with Gasteiger partial charge in [0, 0.05) is 25.5 Å². The molecule has 0 bridgehead atoms. The SMILES string of the molecule is CCCS(=O)(=O)NCCCCn1ccnc1. The van der Waals surface area contributed by atoms with Crippen molar-refractivity contribution in [3.8, 4) is 0 Å². The molecule has 0 aliphatic carbocycles. The number of nitrogens with zero attached hydrogens (tertiary/aromatic N) is 2. The summed E-state index contributed by atoms with van der Waals surface area (Å²) in [5.41, 5.74) is 0. The van der Waals surface area contributed by atoms with Crippen molar-refractivity contribution in [1.29, 1.82) is 0 Å². The highest BCUT2D eigenvalue weighted by Gasteiger charge is 2.06. The van der Waals surface area contributed by atoms with Crippen LogP contribution in [0.2, 0.25) is 0 Å². The van der Waals surface area contributed by atoms with Crippen LogP contribution in [0, 0.1) is 0 Å². The number of hydrogen-bond donors (Lipinski definition) is 1. The molecule has 0 radical (unpaired) electrons. The molecule has 0 saturated carbocycles. The Morgan fingerprint density at radius 1 is 1.38 bits per heavy atom. The fourth-order valence-electron chi connectivity index (χ4n) is 1.41. The molecule has 6 heteroatoms. The molecule has 0 aliphatic rings. The molecule has 16 heavy (non-hydrogen) atoms. The van der Waals surface area contributed by atoms with Gasteiger partial charge < -0.3 is 4.57 Å². The third-order valence-corrected chi connectivity index (χ3v) is 3.79. The van der Waals surface area contributed by atoms with E-state index in [2.05, 4.69) is 9.71 Å². The topological polar surface area (TPSA) is 64.0 Å². The van der Waals surface area contributed by atoms with Crippen molar-refractivity contribution in [1.82, 2.24) is 14.3 Å². The highest BCUT2D eigenvalue weighted by Crippen LogP contribution is 1.95. The van der Waals surface area contributed by atoms with Gasteiger partial charge in [0.1, 0.15) is 0 Å². The van der Waals surface area contributed by atoms with E-state index in [9.17, 15) is 8.42 Å². The van der Waals surface area contributed by atoms with Gasteiger partial charge in [0.2, 0.25) is 10.0 Å². The van der Waals surface area contributed by atoms with Crippen LogP contribution in [0.3, 0.4) is 0 Å². The van der Waals surface area contributed by atoms with Gasteiger partial charge >= 0.3 is 0 Å². The summed E-state index contributed by atoms with van der Waals surface area (Å²) in [6.07, 6.45) is 7.86. The maximum atomic E-state index is 11.3. The first-order chi connectivity index (χ1) is 7.64. The largest absolute Gasteiger partial charge is 0.337 e. The van der Waals surface area contributed by atoms with Crippen molar-refractivity contribution >= 4 is 10.0 Å². The molecule has 0 aliphatic heterocycles. The first kappa shape index (κ1) is 13.2. The molecule has 5 nitrogen and oxygen atoms in total. The van der Waals surface area contributed by atoms with Gasteiger partial charge in [-0.3, -0.25) is 0 Å².